The molecule has 0 radical (unpaired) electrons. The third-order valence-electron chi connectivity index (χ3n) is 25.1. The molecular formula is C98H120N12O16P2S2. The number of hydrogen-bond donors (Lipinski definition) is 10. The van der Waals surface area contributed by atoms with Crippen molar-refractivity contribution in [3.05, 3.63) is 216 Å². The summed E-state index contributed by atoms with van der Waals surface area (Å²) in [5.74, 6) is -12.3. The lowest BCUT2D eigenvalue weighted by Crippen LogP contribution is -2.66. The molecule has 2 fully saturated rings. The molecule has 0 aromatic heterocycles. The Bertz CT molecular complexity index is 5340. The smallest absolute Gasteiger partial charge is 0.417 e. The molecule has 11 rings (SSSR count). The summed E-state index contributed by atoms with van der Waals surface area (Å²) < 4.78 is 12.8. The molecule has 28 nitrogen and oxygen atoms in total. The molecule has 8 atom stereocenters. The van der Waals surface area contributed by atoms with Gasteiger partial charge in [-0.25, -0.2) is 19.4 Å². The van der Waals surface area contributed by atoms with E-state index in [4.69, 9.17) is 38.8 Å². The number of imide groups is 2. The maximum absolute atomic E-state index is 16.7. The molecular weight excluding hydrogens is 1730 g/mol. The Balaban J connectivity index is 0.957. The first-order valence-corrected chi connectivity index (χ1v) is 50.5. The largest absolute Gasteiger partial charge is 0.448 e. The first kappa shape index (κ1) is 99.0. The molecule has 2 saturated carbocycles. The highest BCUT2D eigenvalue weighted by Crippen LogP contribution is 2.64. The van der Waals surface area contributed by atoms with E-state index in [0.29, 0.717) is 21.1 Å². The molecule has 11 N–H and O–H groups in total. The molecule has 4 aliphatic carbocycles. The van der Waals surface area contributed by atoms with Crippen LogP contribution in [0.15, 0.2) is 188 Å². The lowest BCUT2D eigenvalue weighted by molar-refractivity contribution is -0.145. The molecule has 690 valence electrons. The number of carbonyl (C=O) groups excluding carboxylic acids is 14. The third-order valence-corrected chi connectivity index (χ3v) is 36.6. The highest BCUT2D eigenvalue weighted by Gasteiger charge is 2.51. The van der Waals surface area contributed by atoms with Gasteiger partial charge in [-0.15, -0.1) is 0 Å². The van der Waals surface area contributed by atoms with Gasteiger partial charge in [0.2, 0.25) is 59.1 Å². The van der Waals surface area contributed by atoms with Crippen LogP contribution >= 0.6 is 12.1 Å². The number of hydrogen-bond acceptors (Lipinski definition) is 18. The normalized spacial score (nSPS) is 16.0. The van der Waals surface area contributed by atoms with Gasteiger partial charge in [-0.1, -0.05) is 250 Å². The molecule has 0 aliphatic heterocycles. The zero-order chi connectivity index (χ0) is 94.3. The van der Waals surface area contributed by atoms with Crippen LogP contribution < -0.4 is 64.2 Å². The fourth-order valence-electron chi connectivity index (χ4n) is 17.7. The van der Waals surface area contributed by atoms with Crippen molar-refractivity contribution in [3.8, 4) is 22.3 Å². The number of nitrogens with one attached hydrogen (secondary N) is 9. The monoisotopic (exact) mass is 1850 g/mol. The van der Waals surface area contributed by atoms with E-state index in [2.05, 4.69) is 47.9 Å². The van der Waals surface area contributed by atoms with Crippen LogP contribution in [0.2, 0.25) is 0 Å². The van der Waals surface area contributed by atoms with E-state index in [9.17, 15) is 28.8 Å². The predicted molar refractivity (Wildman–Crippen MR) is 507 cm³/mol. The van der Waals surface area contributed by atoms with Crippen molar-refractivity contribution in [2.24, 2.45) is 5.73 Å². The fraction of sp³-hybridized carbons (Fsp3) is 0.429. The van der Waals surface area contributed by atoms with Crippen molar-refractivity contribution in [2.75, 3.05) is 25.5 Å². The van der Waals surface area contributed by atoms with Crippen molar-refractivity contribution in [1.29, 1.82) is 0 Å². The van der Waals surface area contributed by atoms with E-state index in [1.165, 1.54) is 83.1 Å². The van der Waals surface area contributed by atoms with Crippen LogP contribution in [-0.4, -0.2) is 195 Å². The van der Waals surface area contributed by atoms with Crippen molar-refractivity contribution in [2.45, 2.75) is 242 Å². The Morgan fingerprint density at radius 1 is 0.400 bits per heavy atom. The standard InChI is InChI=1S/C98H120N12O16P2S2/c1-59(83(99)112)103-91(120)96(7,8)107-85(114)62(4)102-88(117)82(58-128(130,68-42-24-16-25-43-68)69-44-26-17-27-45-69)110(95(124)126-56-79-76-52-34-30-48-72(76)73-49-31-35-53-77(73)79)93(122)98(11,12)108-86(115)61(3)101-87(116)80(54-65-36-18-13-19-37-65)105-89(118)81(57-127(129,66-38-20-14-21-39-66)67-40-22-15-23-41-67)109(90(119)63(5)104-92(121)97(9,10)106-84(113)60(2)100-64(6)111)94(123)125-55-78-74-50-32-28-46-70(74)71-47-29-33-51-75(71)78/h13,16-19,24-37,42-53,59-63,66-67,78-82H,14-15,20-23,38-41,54-58H2,1-12H3,(H2,99,112)(H,100,111)(H,101,116)(H,102,117)(H,103,120)(H,104,121)(H,105,118)(H,106,113)(H,107,114)(H,108,115)/t59-,60-,61-,62-,63-,80-,81-,82-/m0/s1. The molecule has 14 amide bonds. The lowest BCUT2D eigenvalue weighted by atomic mass is 9.98. The van der Waals surface area contributed by atoms with Gasteiger partial charge in [0.1, 0.15) is 78.2 Å². The van der Waals surface area contributed by atoms with E-state index in [-0.39, 0.29) is 37.1 Å². The predicted octanol–water partition coefficient (Wildman–Crippen LogP) is 10.00. The lowest BCUT2D eigenvalue weighted by Gasteiger charge is -2.44. The van der Waals surface area contributed by atoms with Gasteiger partial charge in [0, 0.05) is 43.5 Å². The number of nitrogens with two attached hydrogens (primary N) is 1. The van der Waals surface area contributed by atoms with Gasteiger partial charge in [0.25, 0.3) is 11.8 Å². The van der Waals surface area contributed by atoms with Gasteiger partial charge in [-0.05, 0) is 180 Å². The Kier molecular flexibility index (Phi) is 32.7. The molecule has 32 heteroatoms. The van der Waals surface area contributed by atoms with E-state index < -0.39 is 178 Å². The number of nitrogens with zero attached hydrogens (tertiary/aromatic N) is 2. The van der Waals surface area contributed by atoms with Crippen molar-refractivity contribution in [3.63, 3.8) is 0 Å². The summed E-state index contributed by atoms with van der Waals surface area (Å²) in [4.78, 5) is 210. The second-order valence-corrected chi connectivity index (χ2v) is 46.3. The number of carbonyl (C=O) groups is 14. The van der Waals surface area contributed by atoms with Gasteiger partial charge in [-0.3, -0.25) is 57.5 Å². The first-order valence-electron chi connectivity index (χ1n) is 44.4. The number of fused-ring (bicyclic) bond motifs is 6. The molecule has 0 saturated heterocycles. The van der Waals surface area contributed by atoms with Gasteiger partial charge in [0.05, 0.1) is 0 Å². The number of ether oxygens (including phenoxy) is 2. The van der Waals surface area contributed by atoms with Gasteiger partial charge in [0.15, 0.2) is 0 Å². The second kappa shape index (κ2) is 43.0. The van der Waals surface area contributed by atoms with E-state index in [0.717, 1.165) is 114 Å². The van der Waals surface area contributed by atoms with Gasteiger partial charge < -0.3 is 63.1 Å². The summed E-state index contributed by atoms with van der Waals surface area (Å²) in [6.45, 7) is 15.3. The Hall–Kier alpha value is -11.6. The Morgan fingerprint density at radius 3 is 1.15 bits per heavy atom. The van der Waals surface area contributed by atoms with Crippen LogP contribution in [0.1, 0.15) is 187 Å². The minimum atomic E-state index is -3.45. The zero-order valence-electron chi connectivity index (χ0n) is 75.6. The number of benzene rings is 7. The van der Waals surface area contributed by atoms with E-state index in [1.807, 2.05) is 97.1 Å². The summed E-state index contributed by atoms with van der Waals surface area (Å²) >= 11 is 14.0. The summed E-state index contributed by atoms with van der Waals surface area (Å²) in [5.41, 5.74) is 6.85. The quantitative estimate of drug-likeness (QED) is 0.0163. The maximum atomic E-state index is 16.7. The van der Waals surface area contributed by atoms with Crippen LogP contribution in [0.4, 0.5) is 9.59 Å². The number of rotatable bonds is 36. The third kappa shape index (κ3) is 23.4. The van der Waals surface area contributed by atoms with Gasteiger partial charge >= 0.3 is 12.2 Å². The Morgan fingerprint density at radius 2 is 0.746 bits per heavy atom. The number of amides is 14. The van der Waals surface area contributed by atoms with Crippen molar-refractivity contribution in [1.82, 2.24) is 57.7 Å². The summed E-state index contributed by atoms with van der Waals surface area (Å²) in [6, 6.07) is 37.7. The highest BCUT2D eigenvalue weighted by atomic mass is 32.4. The van der Waals surface area contributed by atoms with Crippen molar-refractivity contribution >= 4 is 129 Å². The van der Waals surface area contributed by atoms with E-state index in [1.54, 1.807) is 91.0 Å². The van der Waals surface area contributed by atoms with Crippen LogP contribution in [0.3, 0.4) is 0 Å². The maximum Gasteiger partial charge on any atom is 0.417 e. The zero-order valence-corrected chi connectivity index (χ0v) is 79.1. The molecule has 130 heavy (non-hydrogen) atoms. The molecule has 7 aromatic carbocycles. The summed E-state index contributed by atoms with van der Waals surface area (Å²) in [6.07, 6.45) is 4.60. The average Bonchev–Trinajstić information content (AvgIpc) is 1.56. The molecule has 0 bridgehead atoms. The van der Waals surface area contributed by atoms with Crippen LogP contribution in [-0.2, 0) is 97.0 Å². The first-order chi connectivity index (χ1) is 61.7. The molecule has 7 aromatic rings. The fourth-order valence-corrected chi connectivity index (χ4v) is 27.9. The minimum absolute atomic E-state index is 0.0898. The topological polar surface area (TPSA) is 398 Å². The Labute approximate surface area is 770 Å². The highest BCUT2D eigenvalue weighted by molar-refractivity contribution is 8.22. The van der Waals surface area contributed by atoms with Gasteiger partial charge in [-0.2, -0.15) is 0 Å². The van der Waals surface area contributed by atoms with E-state index >= 15 is 38.4 Å². The summed E-state index contributed by atoms with van der Waals surface area (Å²) in [7, 11) is 0. The number of primary amides is 1. The molecule has 0 unspecified atom stereocenters. The van der Waals surface area contributed by atoms with Crippen LogP contribution in [0.25, 0.3) is 22.3 Å². The SMILES string of the molecule is CC(=O)N[C@@H](C)C(=O)NC(C)(C)C(=O)N[C@@H](C)C(=O)N(C(=O)OCC1c2ccccc2-c2ccccc21)[C@@H](CP(=S)(C1CCCCC1)C1CCCCC1)C(=O)N[C@@H](Cc1ccccc1)C(=O)N[C@@H](C)C(=O)NC(C)(C)C(=O)N(C(=O)OCC1c2ccccc2-c2ccccc21)[C@@H](CP(=S)(c1ccccc1)c1ccccc1)C(=O)N[C@@H](C)C(=O)NC(C)(C)C(=O)N[C@@H](C)C(N)=O. The molecule has 0 spiro atoms. The second-order valence-electron chi connectivity index (χ2n) is 36.0. The minimum Gasteiger partial charge on any atom is -0.448 e. The average molecular weight is 1850 g/mol. The van der Waals surface area contributed by atoms with Crippen molar-refractivity contribution < 1.29 is 76.6 Å². The van der Waals surface area contributed by atoms with Crippen LogP contribution in [0.5, 0.6) is 0 Å². The van der Waals surface area contributed by atoms with Crippen LogP contribution in [0, 0.1) is 0 Å². The summed E-state index contributed by atoms with van der Waals surface area (Å²) in [5, 5.41) is 25.1. The molecule has 0 heterocycles. The molecule has 4 aliphatic rings.